The average Bonchev–Trinajstić information content (AvgIpc) is 3.31. The molecular weight excluding hydrogens is 777 g/mol. The highest BCUT2D eigenvalue weighted by molar-refractivity contribution is 5.96. The predicted octanol–water partition coefficient (Wildman–Crippen LogP) is 9.68. The molecular formula is C54H52O8. The maximum absolute atomic E-state index is 6.75. The minimum atomic E-state index is -0.969. The first-order chi connectivity index (χ1) is 30.5. The lowest BCUT2D eigenvalue weighted by Crippen LogP contribution is -2.28. The van der Waals surface area contributed by atoms with Gasteiger partial charge in [0.05, 0.1) is 38.4 Å². The van der Waals surface area contributed by atoms with E-state index in [9.17, 15) is 0 Å². The number of terminal acetylenes is 3. The van der Waals surface area contributed by atoms with Crippen LogP contribution in [0.3, 0.4) is 0 Å². The number of rotatable bonds is 25. The maximum Gasteiger partial charge on any atom is 0.124 e. The molecule has 6 aromatic carbocycles. The Hall–Kier alpha value is -6.70. The highest BCUT2D eigenvalue weighted by atomic mass is 16.5. The third-order valence-corrected chi connectivity index (χ3v) is 10.2. The molecule has 316 valence electrons. The summed E-state index contributed by atoms with van der Waals surface area (Å²) in [7, 11) is 0. The summed E-state index contributed by atoms with van der Waals surface area (Å²) in [5.41, 5.74) is 4.00. The fourth-order valence-corrected chi connectivity index (χ4v) is 7.47. The van der Waals surface area contributed by atoms with Crippen molar-refractivity contribution in [1.82, 2.24) is 0 Å². The molecule has 62 heavy (non-hydrogen) atoms. The predicted molar refractivity (Wildman–Crippen MR) is 247 cm³/mol. The molecule has 6 aromatic rings. The van der Waals surface area contributed by atoms with Gasteiger partial charge in [-0.3, -0.25) is 0 Å². The minimum absolute atomic E-state index is 0.179. The normalized spacial score (nSPS) is 11.8. The Morgan fingerprint density at radius 2 is 0.935 bits per heavy atom. The molecule has 6 rings (SSSR count). The van der Waals surface area contributed by atoms with Gasteiger partial charge in [-0.05, 0) is 81.6 Å². The Labute approximate surface area is 365 Å². The molecule has 0 aliphatic heterocycles. The summed E-state index contributed by atoms with van der Waals surface area (Å²) < 4.78 is 48.5. The van der Waals surface area contributed by atoms with Gasteiger partial charge in [0.2, 0.25) is 0 Å². The van der Waals surface area contributed by atoms with E-state index in [1.165, 1.54) is 0 Å². The van der Waals surface area contributed by atoms with Crippen molar-refractivity contribution in [2.75, 3.05) is 79.3 Å². The molecule has 0 radical (unpaired) electrons. The zero-order valence-electron chi connectivity index (χ0n) is 35.2. The second kappa shape index (κ2) is 23.3. The third-order valence-electron chi connectivity index (χ3n) is 10.2. The summed E-state index contributed by atoms with van der Waals surface area (Å²) in [5.74, 6) is 10.2. The van der Waals surface area contributed by atoms with Crippen molar-refractivity contribution in [3.05, 3.63) is 145 Å². The standard InChI is InChI=1S/C54H52O8/c1-6-27-55-31-35-59-46-23-17-43-19-25-50(61-37-33-57-29-8-3)52(48(43)39-46)54(5,45-21-15-42(16-22-45)41-13-11-10-12-14-41)53-49-40-47(60-36-32-56-28-7-2)24-18-44(49)20-26-51(53)62-38-34-58-30-9-4/h1-3,9-26,39-40H,4,27-38H2,5H3. The van der Waals surface area contributed by atoms with Gasteiger partial charge in [-0.15, -0.1) is 25.8 Å². The Bertz CT molecular complexity index is 2500. The molecule has 0 bridgehead atoms. The molecule has 0 aliphatic carbocycles. The van der Waals surface area contributed by atoms with E-state index >= 15 is 0 Å². The van der Waals surface area contributed by atoms with Crippen LogP contribution in [-0.2, 0) is 24.4 Å². The Morgan fingerprint density at radius 3 is 1.40 bits per heavy atom. The van der Waals surface area contributed by atoms with Crippen molar-refractivity contribution >= 4 is 21.5 Å². The first-order valence-corrected chi connectivity index (χ1v) is 20.6. The molecule has 0 spiro atoms. The summed E-state index contributed by atoms with van der Waals surface area (Å²) in [6.45, 7) is 9.55. The van der Waals surface area contributed by atoms with Crippen LogP contribution in [0.5, 0.6) is 23.0 Å². The molecule has 1 unspecified atom stereocenters. The van der Waals surface area contributed by atoms with Gasteiger partial charge < -0.3 is 37.9 Å². The topological polar surface area (TPSA) is 73.8 Å². The fourth-order valence-electron chi connectivity index (χ4n) is 7.47. The Morgan fingerprint density at radius 1 is 0.500 bits per heavy atom. The monoisotopic (exact) mass is 828 g/mol. The van der Waals surface area contributed by atoms with Gasteiger partial charge in [0.15, 0.2) is 0 Å². The van der Waals surface area contributed by atoms with Crippen LogP contribution in [-0.4, -0.2) is 79.3 Å². The average molecular weight is 829 g/mol. The summed E-state index contributed by atoms with van der Waals surface area (Å²) in [5, 5.41) is 3.80. The van der Waals surface area contributed by atoms with E-state index < -0.39 is 5.41 Å². The summed E-state index contributed by atoms with van der Waals surface area (Å²) in [6, 6.07) is 39.3. The van der Waals surface area contributed by atoms with Crippen molar-refractivity contribution in [3.8, 4) is 71.2 Å². The quantitative estimate of drug-likeness (QED) is 0.0245. The Balaban J connectivity index is 1.62. The van der Waals surface area contributed by atoms with Crippen LogP contribution in [0.2, 0.25) is 0 Å². The van der Waals surface area contributed by atoms with E-state index in [0.717, 1.165) is 49.4 Å². The number of hydrogen-bond acceptors (Lipinski definition) is 8. The highest BCUT2D eigenvalue weighted by Crippen LogP contribution is 2.52. The van der Waals surface area contributed by atoms with Crippen LogP contribution in [0.25, 0.3) is 32.7 Å². The minimum Gasteiger partial charge on any atom is -0.491 e. The maximum atomic E-state index is 6.75. The number of hydrogen-bond donors (Lipinski definition) is 0. The van der Waals surface area contributed by atoms with Crippen molar-refractivity contribution in [2.45, 2.75) is 12.3 Å². The van der Waals surface area contributed by atoms with Crippen LogP contribution >= 0.6 is 0 Å². The molecule has 0 aromatic heterocycles. The second-order valence-electron chi connectivity index (χ2n) is 14.2. The van der Waals surface area contributed by atoms with Gasteiger partial charge in [-0.2, -0.15) is 0 Å². The molecule has 1 atom stereocenters. The smallest absolute Gasteiger partial charge is 0.124 e. The SMILES string of the molecule is C#CCOCCOc1ccc2ccc(OCCOCC#C)c(C(C)(c3ccc(-c4ccccc4)cc3)c3c(OCCOCC=C)ccc4ccc(OCCOCC#C)cc34)c2c1. The van der Waals surface area contributed by atoms with E-state index in [1.807, 2.05) is 42.5 Å². The number of fused-ring (bicyclic) bond motifs is 2. The van der Waals surface area contributed by atoms with Crippen LogP contribution in [0, 0.1) is 37.0 Å². The lowest BCUT2D eigenvalue weighted by atomic mass is 9.67. The zero-order chi connectivity index (χ0) is 43.4. The van der Waals surface area contributed by atoms with Crippen LogP contribution in [0.15, 0.2) is 128 Å². The lowest BCUT2D eigenvalue weighted by molar-refractivity contribution is 0.120. The molecule has 0 fully saturated rings. The first-order valence-electron chi connectivity index (χ1n) is 20.6. The van der Waals surface area contributed by atoms with Crippen LogP contribution in [0.4, 0.5) is 0 Å². The molecule has 0 N–H and O–H groups in total. The van der Waals surface area contributed by atoms with E-state index in [4.69, 9.17) is 57.2 Å². The van der Waals surface area contributed by atoms with E-state index in [1.54, 1.807) is 6.08 Å². The van der Waals surface area contributed by atoms with Crippen molar-refractivity contribution in [1.29, 1.82) is 0 Å². The number of benzene rings is 6. The summed E-state index contributed by atoms with van der Waals surface area (Å²) >= 11 is 0. The molecule has 8 heteroatoms. The largest absolute Gasteiger partial charge is 0.491 e. The van der Waals surface area contributed by atoms with Gasteiger partial charge >= 0.3 is 0 Å². The fraction of sp³-hybridized carbons (Fsp3) is 0.259. The first kappa shape index (κ1) is 44.8. The summed E-state index contributed by atoms with van der Waals surface area (Å²) in [6.07, 6.45) is 18.0. The molecule has 8 nitrogen and oxygen atoms in total. The van der Waals surface area contributed by atoms with Crippen molar-refractivity contribution < 1.29 is 37.9 Å². The number of ether oxygens (including phenoxy) is 8. The van der Waals surface area contributed by atoms with Crippen LogP contribution < -0.4 is 18.9 Å². The van der Waals surface area contributed by atoms with E-state index in [0.29, 0.717) is 75.9 Å². The van der Waals surface area contributed by atoms with Gasteiger partial charge in [0, 0.05) is 11.1 Å². The second-order valence-corrected chi connectivity index (χ2v) is 14.2. The highest BCUT2D eigenvalue weighted by Gasteiger charge is 2.40. The van der Waals surface area contributed by atoms with E-state index in [-0.39, 0.29) is 26.4 Å². The van der Waals surface area contributed by atoms with Gasteiger partial charge in [0.1, 0.15) is 69.2 Å². The summed E-state index contributed by atoms with van der Waals surface area (Å²) in [4.78, 5) is 0. The molecule has 0 amide bonds. The van der Waals surface area contributed by atoms with Gasteiger partial charge in [0.25, 0.3) is 0 Å². The van der Waals surface area contributed by atoms with Gasteiger partial charge in [-0.1, -0.05) is 103 Å². The van der Waals surface area contributed by atoms with Crippen molar-refractivity contribution in [3.63, 3.8) is 0 Å². The third kappa shape index (κ3) is 11.4. The molecule has 0 aliphatic rings. The lowest BCUT2D eigenvalue weighted by Gasteiger charge is -2.37. The van der Waals surface area contributed by atoms with Gasteiger partial charge in [-0.25, -0.2) is 0 Å². The zero-order valence-corrected chi connectivity index (χ0v) is 35.2. The van der Waals surface area contributed by atoms with E-state index in [2.05, 4.69) is 104 Å². The molecule has 0 saturated carbocycles. The molecule has 0 saturated heterocycles. The Kier molecular flexibility index (Phi) is 16.9. The van der Waals surface area contributed by atoms with Crippen molar-refractivity contribution in [2.24, 2.45) is 0 Å². The van der Waals surface area contributed by atoms with Crippen LogP contribution in [0.1, 0.15) is 23.6 Å². The molecule has 0 heterocycles.